The summed E-state index contributed by atoms with van der Waals surface area (Å²) in [5.74, 6) is 0.641. The van der Waals surface area contributed by atoms with Crippen LogP contribution in [-0.2, 0) is 29.1 Å². The summed E-state index contributed by atoms with van der Waals surface area (Å²) >= 11 is 0. The van der Waals surface area contributed by atoms with Crippen LogP contribution in [0.15, 0.2) is 48.5 Å². The molecule has 2 aromatic carbocycles. The van der Waals surface area contributed by atoms with Crippen LogP contribution >= 0.6 is 0 Å². The minimum atomic E-state index is -0.170. The second kappa shape index (κ2) is 11.6. The summed E-state index contributed by atoms with van der Waals surface area (Å²) in [5.41, 5.74) is 3.36. The molecule has 1 heterocycles. The van der Waals surface area contributed by atoms with Gasteiger partial charge >= 0.3 is 0 Å². The smallest absolute Gasteiger partial charge is 0.258 e. The fourth-order valence-corrected chi connectivity index (χ4v) is 3.57. The molecule has 1 aliphatic heterocycles. The van der Waals surface area contributed by atoms with Gasteiger partial charge in [-0.05, 0) is 55.0 Å². The number of carbonyl (C=O) groups excluding carboxylic acids is 2. The highest BCUT2D eigenvalue weighted by Crippen LogP contribution is 2.15. The Morgan fingerprint density at radius 1 is 1.00 bits per heavy atom. The van der Waals surface area contributed by atoms with Crippen LogP contribution in [0.2, 0.25) is 0 Å². The van der Waals surface area contributed by atoms with Crippen molar-refractivity contribution >= 4 is 11.7 Å². The third kappa shape index (κ3) is 8.15. The van der Waals surface area contributed by atoms with Crippen molar-refractivity contribution in [2.24, 2.45) is 0 Å². The third-order valence-corrected chi connectivity index (χ3v) is 5.53. The third-order valence-electron chi connectivity index (χ3n) is 5.53. The molecule has 0 unspecified atom stereocenters. The minimum Gasteiger partial charge on any atom is -0.484 e. The Morgan fingerprint density at radius 3 is 2.26 bits per heavy atom. The Morgan fingerprint density at radius 2 is 1.61 bits per heavy atom. The van der Waals surface area contributed by atoms with Gasteiger partial charge in [0.1, 0.15) is 11.5 Å². The largest absolute Gasteiger partial charge is 0.484 e. The van der Waals surface area contributed by atoms with E-state index in [-0.39, 0.29) is 24.4 Å². The van der Waals surface area contributed by atoms with Crippen LogP contribution in [0.3, 0.4) is 0 Å². The molecule has 0 aromatic heterocycles. The maximum Gasteiger partial charge on any atom is 0.258 e. The van der Waals surface area contributed by atoms with E-state index in [2.05, 4.69) is 22.3 Å². The highest BCUT2D eigenvalue weighted by molar-refractivity contribution is 5.77. The molecule has 0 radical (unpaired) electrons. The van der Waals surface area contributed by atoms with Crippen LogP contribution in [0.5, 0.6) is 5.75 Å². The number of ether oxygens (including phenoxy) is 1. The maximum atomic E-state index is 12.1. The van der Waals surface area contributed by atoms with Gasteiger partial charge in [-0.15, -0.1) is 0 Å². The average molecular weight is 425 g/mol. The van der Waals surface area contributed by atoms with Crippen molar-refractivity contribution in [2.75, 3.05) is 19.7 Å². The van der Waals surface area contributed by atoms with Crippen molar-refractivity contribution in [3.05, 3.63) is 65.2 Å². The highest BCUT2D eigenvalue weighted by Gasteiger charge is 2.16. The van der Waals surface area contributed by atoms with Gasteiger partial charge in [-0.25, -0.2) is 0 Å². The first-order valence-electron chi connectivity index (χ1n) is 10.9. The minimum absolute atomic E-state index is 0.0360. The fourth-order valence-electron chi connectivity index (χ4n) is 3.57. The lowest BCUT2D eigenvalue weighted by atomic mass is 10.1. The first kappa shape index (κ1) is 23.0. The number of hydrogen-bond acceptors (Lipinski definition) is 5. The number of nitrogens with one attached hydrogen (secondary N) is 1. The van der Waals surface area contributed by atoms with Crippen molar-refractivity contribution in [1.82, 2.24) is 10.2 Å². The molecule has 0 spiro atoms. The van der Waals surface area contributed by atoms with E-state index in [1.165, 1.54) is 5.56 Å². The predicted octanol–water partition coefficient (Wildman–Crippen LogP) is 2.86. The zero-order valence-electron chi connectivity index (χ0n) is 18.2. The molecule has 1 saturated heterocycles. The lowest BCUT2D eigenvalue weighted by Crippen LogP contribution is -2.35. The number of hydrogen-bond donors (Lipinski definition) is 2. The molecule has 31 heavy (non-hydrogen) atoms. The predicted molar refractivity (Wildman–Crippen MR) is 120 cm³/mol. The van der Waals surface area contributed by atoms with Gasteiger partial charge in [0.05, 0.1) is 6.10 Å². The molecular weight excluding hydrogens is 392 g/mol. The Kier molecular flexibility index (Phi) is 8.62. The number of nitrogens with zero attached hydrogens (tertiary/aromatic N) is 1. The summed E-state index contributed by atoms with van der Waals surface area (Å²) in [6, 6.07) is 15.7. The molecule has 2 aromatic rings. The molecule has 6 heteroatoms. The fraction of sp³-hybridized carbons (Fsp3) is 0.440. The van der Waals surface area contributed by atoms with Crippen molar-refractivity contribution in [3.8, 4) is 5.75 Å². The zero-order chi connectivity index (χ0) is 22.1. The first-order valence-corrected chi connectivity index (χ1v) is 10.9. The molecule has 0 aliphatic carbocycles. The average Bonchev–Trinajstić information content (AvgIpc) is 2.78. The molecule has 6 nitrogen and oxygen atoms in total. The van der Waals surface area contributed by atoms with Gasteiger partial charge in [0.15, 0.2) is 6.61 Å². The number of piperidine rings is 1. The molecule has 3 rings (SSSR count). The molecule has 1 aliphatic rings. The Bertz CT molecular complexity index is 841. The van der Waals surface area contributed by atoms with Gasteiger partial charge in [0.2, 0.25) is 0 Å². The van der Waals surface area contributed by atoms with Crippen molar-refractivity contribution in [2.45, 2.75) is 51.8 Å². The number of ketones is 1. The van der Waals surface area contributed by atoms with Gasteiger partial charge in [0.25, 0.3) is 5.91 Å². The Labute approximate surface area is 184 Å². The van der Waals surface area contributed by atoms with E-state index in [4.69, 9.17) is 4.74 Å². The molecule has 1 amide bonds. The molecular formula is C25H32N2O4. The number of benzene rings is 2. The number of aliphatic hydroxyl groups excluding tert-OH is 1. The van der Waals surface area contributed by atoms with E-state index in [1.807, 2.05) is 36.4 Å². The first-order chi connectivity index (χ1) is 15.0. The topological polar surface area (TPSA) is 78.9 Å². The van der Waals surface area contributed by atoms with Gasteiger partial charge in [-0.1, -0.05) is 36.4 Å². The van der Waals surface area contributed by atoms with E-state index in [0.29, 0.717) is 18.7 Å². The summed E-state index contributed by atoms with van der Waals surface area (Å²) in [5, 5.41) is 12.5. The van der Waals surface area contributed by atoms with Crippen molar-refractivity contribution in [3.63, 3.8) is 0 Å². The second-order valence-electron chi connectivity index (χ2n) is 8.24. The van der Waals surface area contributed by atoms with Crippen molar-refractivity contribution < 1.29 is 19.4 Å². The molecule has 1 fully saturated rings. The Hall–Kier alpha value is -2.70. The Balaban J connectivity index is 1.36. The van der Waals surface area contributed by atoms with Crippen LogP contribution in [-0.4, -0.2) is 47.5 Å². The number of likely N-dealkylation sites (tertiary alicyclic amines) is 1. The summed E-state index contributed by atoms with van der Waals surface area (Å²) < 4.78 is 5.55. The SMILES string of the molecule is CC(=O)CCc1ccc(OCC(=O)NCc2ccc(CN3CCC(O)CC3)cc2)cc1. The van der Waals surface area contributed by atoms with Crippen LogP contribution in [0.1, 0.15) is 42.9 Å². The van der Waals surface area contributed by atoms with E-state index in [1.54, 1.807) is 6.92 Å². The standard InChI is InChI=1S/C25H32N2O4/c1-19(28)2-3-20-8-10-24(11-9-20)31-18-25(30)26-16-21-4-6-22(7-5-21)17-27-14-12-23(29)13-15-27/h4-11,23,29H,2-3,12-18H2,1H3,(H,26,30). The van der Waals surface area contributed by atoms with Gasteiger partial charge < -0.3 is 20.0 Å². The second-order valence-corrected chi connectivity index (χ2v) is 8.24. The molecule has 166 valence electrons. The van der Waals surface area contributed by atoms with E-state index >= 15 is 0 Å². The number of rotatable bonds is 10. The summed E-state index contributed by atoms with van der Waals surface area (Å²) in [7, 11) is 0. The van der Waals surface area contributed by atoms with Gasteiger partial charge in [0, 0.05) is 32.6 Å². The van der Waals surface area contributed by atoms with Crippen molar-refractivity contribution in [1.29, 1.82) is 0 Å². The molecule has 0 atom stereocenters. The van der Waals surface area contributed by atoms with Crippen LogP contribution in [0.4, 0.5) is 0 Å². The van der Waals surface area contributed by atoms with Crippen LogP contribution < -0.4 is 10.1 Å². The normalized spacial score (nSPS) is 14.9. The molecule has 0 saturated carbocycles. The number of aryl methyl sites for hydroxylation is 1. The zero-order valence-corrected chi connectivity index (χ0v) is 18.2. The summed E-state index contributed by atoms with van der Waals surface area (Å²) in [6.07, 6.45) is 2.79. The maximum absolute atomic E-state index is 12.1. The number of carbonyl (C=O) groups is 2. The molecule has 2 N–H and O–H groups in total. The van der Waals surface area contributed by atoms with E-state index < -0.39 is 0 Å². The lowest BCUT2D eigenvalue weighted by molar-refractivity contribution is -0.123. The van der Waals surface area contributed by atoms with Crippen LogP contribution in [0, 0.1) is 0 Å². The number of amides is 1. The monoisotopic (exact) mass is 424 g/mol. The quantitative estimate of drug-likeness (QED) is 0.613. The van der Waals surface area contributed by atoms with Crippen LogP contribution in [0.25, 0.3) is 0 Å². The summed E-state index contributed by atoms with van der Waals surface area (Å²) in [6.45, 7) is 4.77. The van der Waals surface area contributed by atoms with E-state index in [0.717, 1.165) is 50.0 Å². The number of aliphatic hydroxyl groups is 1. The lowest BCUT2D eigenvalue weighted by Gasteiger charge is -2.29. The summed E-state index contributed by atoms with van der Waals surface area (Å²) in [4.78, 5) is 25.5. The van der Waals surface area contributed by atoms with Gasteiger partial charge in [-0.2, -0.15) is 0 Å². The van der Waals surface area contributed by atoms with E-state index in [9.17, 15) is 14.7 Å². The van der Waals surface area contributed by atoms with Gasteiger partial charge in [-0.3, -0.25) is 9.69 Å². The highest BCUT2D eigenvalue weighted by atomic mass is 16.5. The molecule has 0 bridgehead atoms. The number of Topliss-reactive ketones (excluding diaryl/α,β-unsaturated/α-hetero) is 1.